The molecule has 0 aliphatic carbocycles. The Morgan fingerprint density at radius 1 is 1.00 bits per heavy atom. The van der Waals surface area contributed by atoms with Gasteiger partial charge < -0.3 is 26.4 Å². The summed E-state index contributed by atoms with van der Waals surface area (Å²) in [7, 11) is 2.10. The number of benzene rings is 3. The average Bonchev–Trinajstić information content (AvgIpc) is 2.83. The first-order valence-electron chi connectivity index (χ1n) is 11.2. The van der Waals surface area contributed by atoms with Gasteiger partial charge in [0.2, 0.25) is 5.91 Å². The minimum Gasteiger partial charge on any atom is -0.366 e. The lowest BCUT2D eigenvalue weighted by atomic mass is 9.99. The molecule has 0 saturated carbocycles. The SMILES string of the molecule is CN1CCc2ccc(NC(=O)c3cccc(CNC(O)Nc4ccc(C(N)=O)cc4)c3)cc2C1. The molecule has 6 N–H and O–H groups in total. The predicted octanol–water partition coefficient (Wildman–Crippen LogP) is 2.50. The fourth-order valence-electron chi connectivity index (χ4n) is 3.96. The van der Waals surface area contributed by atoms with Gasteiger partial charge in [0.1, 0.15) is 0 Å². The van der Waals surface area contributed by atoms with Gasteiger partial charge >= 0.3 is 0 Å². The molecular formula is C26H29N5O3. The van der Waals surface area contributed by atoms with Crippen molar-refractivity contribution in [3.05, 3.63) is 94.5 Å². The highest BCUT2D eigenvalue weighted by Crippen LogP contribution is 2.22. The number of nitrogens with two attached hydrogens (primary N) is 1. The number of likely N-dealkylation sites (N-methyl/N-ethyl adjacent to an activating group) is 1. The summed E-state index contributed by atoms with van der Waals surface area (Å²) in [6, 6.07) is 19.8. The van der Waals surface area contributed by atoms with Crippen LogP contribution in [0.15, 0.2) is 66.7 Å². The summed E-state index contributed by atoms with van der Waals surface area (Å²) in [5.41, 5.74) is 11.0. The van der Waals surface area contributed by atoms with Crippen molar-refractivity contribution in [1.82, 2.24) is 10.2 Å². The van der Waals surface area contributed by atoms with Crippen LogP contribution in [0.4, 0.5) is 11.4 Å². The zero-order valence-electron chi connectivity index (χ0n) is 19.0. The second kappa shape index (κ2) is 10.5. The number of rotatable bonds is 8. The average molecular weight is 460 g/mol. The molecule has 176 valence electrons. The number of amides is 2. The van der Waals surface area contributed by atoms with Gasteiger partial charge in [-0.3, -0.25) is 14.9 Å². The second-order valence-corrected chi connectivity index (χ2v) is 8.50. The van der Waals surface area contributed by atoms with Gasteiger partial charge in [-0.15, -0.1) is 0 Å². The molecule has 1 heterocycles. The molecule has 34 heavy (non-hydrogen) atoms. The van der Waals surface area contributed by atoms with Crippen LogP contribution in [0.3, 0.4) is 0 Å². The van der Waals surface area contributed by atoms with E-state index in [1.165, 1.54) is 11.1 Å². The molecule has 3 aromatic carbocycles. The van der Waals surface area contributed by atoms with Crippen LogP contribution in [-0.4, -0.2) is 41.8 Å². The molecule has 1 aliphatic rings. The Hall–Kier alpha value is -3.72. The van der Waals surface area contributed by atoms with E-state index in [1.807, 2.05) is 24.3 Å². The molecule has 0 fully saturated rings. The fraction of sp³-hybridized carbons (Fsp3) is 0.231. The van der Waals surface area contributed by atoms with Crippen molar-refractivity contribution in [2.24, 2.45) is 5.73 Å². The fourth-order valence-corrected chi connectivity index (χ4v) is 3.96. The van der Waals surface area contributed by atoms with Gasteiger partial charge in [0.25, 0.3) is 5.91 Å². The standard InChI is InChI=1S/C26H29N5O3/c1-31-12-11-18-5-10-23(14-21(18)16-31)29-25(33)20-4-2-3-17(13-20)15-28-26(34)30-22-8-6-19(7-9-22)24(27)32/h2-10,13-14,26,28,30,34H,11-12,15-16H2,1H3,(H2,27,32)(H,29,33). The third-order valence-electron chi connectivity index (χ3n) is 5.83. The number of aliphatic hydroxyl groups excluding tert-OH is 1. The van der Waals surface area contributed by atoms with Crippen molar-refractivity contribution in [1.29, 1.82) is 0 Å². The lowest BCUT2D eigenvalue weighted by Crippen LogP contribution is -2.35. The van der Waals surface area contributed by atoms with Crippen LogP contribution in [0.2, 0.25) is 0 Å². The summed E-state index contributed by atoms with van der Waals surface area (Å²) < 4.78 is 0. The Morgan fingerprint density at radius 3 is 2.53 bits per heavy atom. The molecule has 1 atom stereocenters. The lowest BCUT2D eigenvalue weighted by Gasteiger charge is -2.25. The normalized spacial score (nSPS) is 14.2. The van der Waals surface area contributed by atoms with Crippen LogP contribution in [0.1, 0.15) is 37.4 Å². The van der Waals surface area contributed by atoms with Crippen LogP contribution < -0.4 is 21.7 Å². The Kier molecular flexibility index (Phi) is 7.22. The minimum absolute atomic E-state index is 0.181. The number of fused-ring (bicyclic) bond motifs is 1. The Balaban J connectivity index is 1.33. The topological polar surface area (TPSA) is 120 Å². The number of hydrogen-bond acceptors (Lipinski definition) is 6. The summed E-state index contributed by atoms with van der Waals surface area (Å²) in [6.07, 6.45) is -0.000332. The largest absolute Gasteiger partial charge is 0.366 e. The van der Waals surface area contributed by atoms with Crippen LogP contribution in [-0.2, 0) is 19.5 Å². The Labute approximate surface area is 198 Å². The van der Waals surface area contributed by atoms with Crippen LogP contribution in [0.25, 0.3) is 0 Å². The van der Waals surface area contributed by atoms with Gasteiger partial charge in [0.05, 0.1) is 0 Å². The molecule has 0 spiro atoms. The van der Waals surface area contributed by atoms with Crippen molar-refractivity contribution in [3.8, 4) is 0 Å². The van der Waals surface area contributed by atoms with E-state index in [0.717, 1.165) is 30.8 Å². The maximum Gasteiger partial charge on any atom is 0.255 e. The number of primary amides is 1. The number of nitrogens with zero attached hydrogens (tertiary/aromatic N) is 1. The molecule has 0 radical (unpaired) electrons. The molecule has 0 bridgehead atoms. The van der Waals surface area contributed by atoms with E-state index in [2.05, 4.69) is 34.0 Å². The summed E-state index contributed by atoms with van der Waals surface area (Å²) in [4.78, 5) is 26.2. The maximum absolute atomic E-state index is 12.8. The van der Waals surface area contributed by atoms with Gasteiger partial charge in [-0.25, -0.2) is 0 Å². The van der Waals surface area contributed by atoms with Crippen LogP contribution in [0.5, 0.6) is 0 Å². The highest BCUT2D eigenvalue weighted by Gasteiger charge is 2.15. The third-order valence-corrected chi connectivity index (χ3v) is 5.83. The number of aliphatic hydroxyl groups is 1. The smallest absolute Gasteiger partial charge is 0.255 e. The minimum atomic E-state index is -1.02. The van der Waals surface area contributed by atoms with E-state index < -0.39 is 12.3 Å². The summed E-state index contributed by atoms with van der Waals surface area (Å²) >= 11 is 0. The first-order valence-corrected chi connectivity index (χ1v) is 11.2. The second-order valence-electron chi connectivity index (χ2n) is 8.50. The summed E-state index contributed by atoms with van der Waals surface area (Å²) in [5.74, 6) is -0.687. The van der Waals surface area contributed by atoms with Crippen molar-refractivity contribution in [3.63, 3.8) is 0 Å². The van der Waals surface area contributed by atoms with Crippen molar-refractivity contribution >= 4 is 23.2 Å². The first-order chi connectivity index (χ1) is 16.4. The molecular weight excluding hydrogens is 430 g/mol. The van der Waals surface area contributed by atoms with E-state index in [4.69, 9.17) is 5.73 Å². The number of nitrogens with one attached hydrogen (secondary N) is 3. The quantitative estimate of drug-likeness (QED) is 0.330. The Bertz CT molecular complexity index is 1180. The molecule has 2 amide bonds. The van der Waals surface area contributed by atoms with Gasteiger partial charge in [-0.05, 0) is 78.7 Å². The highest BCUT2D eigenvalue weighted by molar-refractivity contribution is 6.04. The van der Waals surface area contributed by atoms with E-state index in [1.54, 1.807) is 36.4 Å². The summed E-state index contributed by atoms with van der Waals surface area (Å²) in [5, 5.41) is 19.1. The van der Waals surface area contributed by atoms with Gasteiger partial charge in [0.15, 0.2) is 6.35 Å². The van der Waals surface area contributed by atoms with E-state index in [0.29, 0.717) is 23.4 Å². The number of anilines is 2. The van der Waals surface area contributed by atoms with E-state index >= 15 is 0 Å². The zero-order valence-corrected chi connectivity index (χ0v) is 19.0. The number of hydrogen-bond donors (Lipinski definition) is 5. The monoisotopic (exact) mass is 459 g/mol. The van der Waals surface area contributed by atoms with E-state index in [9.17, 15) is 14.7 Å². The van der Waals surface area contributed by atoms with Crippen molar-refractivity contribution in [2.45, 2.75) is 25.9 Å². The maximum atomic E-state index is 12.8. The van der Waals surface area contributed by atoms with Crippen molar-refractivity contribution in [2.75, 3.05) is 24.2 Å². The zero-order chi connectivity index (χ0) is 24.1. The van der Waals surface area contributed by atoms with Gasteiger partial charge in [-0.2, -0.15) is 0 Å². The lowest BCUT2D eigenvalue weighted by molar-refractivity contribution is 0.0997. The molecule has 4 rings (SSSR count). The van der Waals surface area contributed by atoms with Crippen molar-refractivity contribution < 1.29 is 14.7 Å². The highest BCUT2D eigenvalue weighted by atomic mass is 16.3. The number of carbonyl (C=O) groups excluding carboxylic acids is 2. The van der Waals surface area contributed by atoms with E-state index in [-0.39, 0.29) is 5.91 Å². The molecule has 1 aliphatic heterocycles. The summed E-state index contributed by atoms with van der Waals surface area (Å²) in [6.45, 7) is 2.27. The molecule has 8 nitrogen and oxygen atoms in total. The first kappa shape index (κ1) is 23.4. The molecule has 3 aromatic rings. The molecule has 8 heteroatoms. The van der Waals surface area contributed by atoms with Crippen LogP contribution in [0, 0.1) is 0 Å². The third kappa shape index (κ3) is 5.99. The molecule has 0 aromatic heterocycles. The Morgan fingerprint density at radius 2 is 1.76 bits per heavy atom. The predicted molar refractivity (Wildman–Crippen MR) is 132 cm³/mol. The molecule has 0 saturated heterocycles. The van der Waals surface area contributed by atoms with Crippen LogP contribution >= 0.6 is 0 Å². The van der Waals surface area contributed by atoms with Gasteiger partial charge in [0, 0.05) is 42.1 Å². The van der Waals surface area contributed by atoms with Gasteiger partial charge in [-0.1, -0.05) is 18.2 Å². The number of carbonyl (C=O) groups is 2. The molecule has 1 unspecified atom stereocenters.